The molecule has 1 atom stereocenters. The molecule has 0 radical (unpaired) electrons. The number of hydrogen-bond acceptors (Lipinski definition) is 4. The Morgan fingerprint density at radius 1 is 1.46 bits per heavy atom. The SMILES string of the molecule is O=C(Cc1cccc(O)c1F)NC1CCCc2c1cnn2CCO. The van der Waals surface area contributed by atoms with Gasteiger partial charge in [0, 0.05) is 16.8 Å². The zero-order valence-electron chi connectivity index (χ0n) is 13.2. The predicted molar refractivity (Wildman–Crippen MR) is 84.9 cm³/mol. The number of rotatable bonds is 5. The van der Waals surface area contributed by atoms with Crippen molar-refractivity contribution < 1.29 is 19.4 Å². The van der Waals surface area contributed by atoms with E-state index in [1.807, 2.05) is 0 Å². The van der Waals surface area contributed by atoms with Gasteiger partial charge in [-0.3, -0.25) is 9.48 Å². The Morgan fingerprint density at radius 2 is 2.29 bits per heavy atom. The van der Waals surface area contributed by atoms with E-state index in [4.69, 9.17) is 5.11 Å². The quantitative estimate of drug-likeness (QED) is 0.773. The van der Waals surface area contributed by atoms with E-state index in [0.717, 1.165) is 30.5 Å². The Bertz CT molecular complexity index is 745. The fraction of sp³-hybridized carbons (Fsp3) is 0.412. The molecule has 1 aliphatic carbocycles. The molecule has 0 spiro atoms. The third-order valence-electron chi connectivity index (χ3n) is 4.32. The number of carbonyl (C=O) groups excluding carboxylic acids is 1. The van der Waals surface area contributed by atoms with Crippen LogP contribution in [0.5, 0.6) is 5.75 Å². The number of phenols is 1. The molecule has 1 aromatic carbocycles. The van der Waals surface area contributed by atoms with Crippen LogP contribution in [-0.4, -0.2) is 32.5 Å². The van der Waals surface area contributed by atoms with Crippen LogP contribution in [0.1, 0.15) is 35.7 Å². The topological polar surface area (TPSA) is 87.4 Å². The van der Waals surface area contributed by atoms with Crippen molar-refractivity contribution >= 4 is 5.91 Å². The highest BCUT2D eigenvalue weighted by Gasteiger charge is 2.25. The molecule has 1 aromatic heterocycles. The second kappa shape index (κ2) is 7.00. The summed E-state index contributed by atoms with van der Waals surface area (Å²) in [5.41, 5.74) is 2.16. The molecular formula is C17H20FN3O3. The number of aliphatic hydroxyl groups excluding tert-OH is 1. The maximum Gasteiger partial charge on any atom is 0.225 e. The molecule has 0 aliphatic heterocycles. The number of carbonyl (C=O) groups is 1. The van der Waals surface area contributed by atoms with E-state index in [2.05, 4.69) is 10.4 Å². The van der Waals surface area contributed by atoms with E-state index in [1.165, 1.54) is 18.2 Å². The Labute approximate surface area is 138 Å². The standard InChI is InChI=1S/C17H20FN3O3/c18-17-11(3-1-6-15(17)23)9-16(24)20-13-4-2-5-14-12(13)10-19-21(14)7-8-22/h1,3,6,10,13,22-23H,2,4-5,7-9H2,(H,20,24). The van der Waals surface area contributed by atoms with Gasteiger partial charge in [-0.25, -0.2) is 4.39 Å². The summed E-state index contributed by atoms with van der Waals surface area (Å²) in [6, 6.07) is 4.09. The number of aromatic nitrogens is 2. The van der Waals surface area contributed by atoms with Gasteiger partial charge in [0.15, 0.2) is 11.6 Å². The van der Waals surface area contributed by atoms with Crippen LogP contribution >= 0.6 is 0 Å². The van der Waals surface area contributed by atoms with Crippen molar-refractivity contribution in [3.05, 3.63) is 47.0 Å². The van der Waals surface area contributed by atoms with Crippen LogP contribution in [0.4, 0.5) is 4.39 Å². The number of hydrogen-bond donors (Lipinski definition) is 3. The highest BCUT2D eigenvalue weighted by Crippen LogP contribution is 2.29. The summed E-state index contributed by atoms with van der Waals surface area (Å²) in [4.78, 5) is 12.3. The first-order chi connectivity index (χ1) is 11.6. The molecule has 24 heavy (non-hydrogen) atoms. The van der Waals surface area contributed by atoms with Crippen LogP contribution in [0.2, 0.25) is 0 Å². The third kappa shape index (κ3) is 3.26. The molecule has 3 rings (SSSR count). The lowest BCUT2D eigenvalue weighted by molar-refractivity contribution is -0.121. The number of fused-ring (bicyclic) bond motifs is 1. The first-order valence-electron chi connectivity index (χ1n) is 8.01. The van der Waals surface area contributed by atoms with Crippen molar-refractivity contribution in [3.63, 3.8) is 0 Å². The fourth-order valence-electron chi connectivity index (χ4n) is 3.18. The summed E-state index contributed by atoms with van der Waals surface area (Å²) in [5.74, 6) is -1.51. The molecule has 0 saturated heterocycles. The lowest BCUT2D eigenvalue weighted by atomic mass is 9.92. The number of halogens is 1. The minimum Gasteiger partial charge on any atom is -0.505 e. The van der Waals surface area contributed by atoms with Gasteiger partial charge in [-0.2, -0.15) is 5.10 Å². The predicted octanol–water partition coefficient (Wildman–Crippen LogP) is 1.46. The summed E-state index contributed by atoms with van der Waals surface area (Å²) < 4.78 is 15.6. The number of phenolic OH excluding ortho intramolecular Hbond substituents is 1. The first kappa shape index (κ1) is 16.4. The minimum atomic E-state index is -0.757. The van der Waals surface area contributed by atoms with Crippen molar-refractivity contribution in [1.82, 2.24) is 15.1 Å². The summed E-state index contributed by atoms with van der Waals surface area (Å²) in [7, 11) is 0. The number of nitrogens with one attached hydrogen (secondary N) is 1. The van der Waals surface area contributed by atoms with Gasteiger partial charge in [0.25, 0.3) is 0 Å². The van der Waals surface area contributed by atoms with Crippen LogP contribution in [0.15, 0.2) is 24.4 Å². The number of amides is 1. The van der Waals surface area contributed by atoms with Gasteiger partial charge in [-0.05, 0) is 25.3 Å². The molecule has 0 fully saturated rings. The zero-order chi connectivity index (χ0) is 17.1. The maximum atomic E-state index is 13.8. The van der Waals surface area contributed by atoms with E-state index in [-0.39, 0.29) is 30.5 Å². The van der Waals surface area contributed by atoms with E-state index in [9.17, 15) is 14.3 Å². The first-order valence-corrected chi connectivity index (χ1v) is 8.01. The molecular weight excluding hydrogens is 313 g/mol. The van der Waals surface area contributed by atoms with Crippen molar-refractivity contribution in [3.8, 4) is 5.75 Å². The molecule has 128 valence electrons. The van der Waals surface area contributed by atoms with Gasteiger partial charge >= 0.3 is 0 Å². The van der Waals surface area contributed by atoms with Gasteiger partial charge < -0.3 is 15.5 Å². The Kier molecular flexibility index (Phi) is 4.80. The number of aromatic hydroxyl groups is 1. The second-order valence-electron chi connectivity index (χ2n) is 5.93. The van der Waals surface area contributed by atoms with E-state index >= 15 is 0 Å². The normalized spacial score (nSPS) is 16.7. The number of benzene rings is 1. The molecule has 1 amide bonds. The monoisotopic (exact) mass is 333 g/mol. The van der Waals surface area contributed by atoms with Crippen molar-refractivity contribution in [2.45, 2.75) is 38.3 Å². The van der Waals surface area contributed by atoms with Crippen LogP contribution in [0, 0.1) is 5.82 Å². The van der Waals surface area contributed by atoms with Crippen molar-refractivity contribution in [2.75, 3.05) is 6.61 Å². The molecule has 6 nitrogen and oxygen atoms in total. The summed E-state index contributed by atoms with van der Waals surface area (Å²) >= 11 is 0. The summed E-state index contributed by atoms with van der Waals surface area (Å²) in [6.45, 7) is 0.451. The summed E-state index contributed by atoms with van der Waals surface area (Å²) in [5, 5.41) is 25.6. The minimum absolute atomic E-state index is 0.0158. The van der Waals surface area contributed by atoms with Gasteiger partial charge in [-0.15, -0.1) is 0 Å². The second-order valence-corrected chi connectivity index (χ2v) is 5.93. The van der Waals surface area contributed by atoms with Gasteiger partial charge in [0.1, 0.15) is 0 Å². The lowest BCUT2D eigenvalue weighted by Gasteiger charge is -2.24. The van der Waals surface area contributed by atoms with Crippen LogP contribution in [-0.2, 0) is 24.2 Å². The van der Waals surface area contributed by atoms with E-state index in [1.54, 1.807) is 10.9 Å². The molecule has 3 N–H and O–H groups in total. The van der Waals surface area contributed by atoms with Crippen LogP contribution < -0.4 is 5.32 Å². The van der Waals surface area contributed by atoms with E-state index in [0.29, 0.717) is 6.54 Å². The largest absolute Gasteiger partial charge is 0.505 e. The van der Waals surface area contributed by atoms with Crippen molar-refractivity contribution in [1.29, 1.82) is 0 Å². The molecule has 0 bridgehead atoms. The van der Waals surface area contributed by atoms with Gasteiger partial charge in [0.05, 0.1) is 31.8 Å². The van der Waals surface area contributed by atoms with Crippen LogP contribution in [0.25, 0.3) is 0 Å². The Hall–Kier alpha value is -2.41. The Morgan fingerprint density at radius 3 is 3.08 bits per heavy atom. The molecule has 1 unspecified atom stereocenters. The summed E-state index contributed by atoms with van der Waals surface area (Å²) in [6.07, 6.45) is 4.17. The highest BCUT2D eigenvalue weighted by molar-refractivity contribution is 5.79. The molecule has 1 aliphatic rings. The molecule has 1 heterocycles. The molecule has 7 heteroatoms. The zero-order valence-corrected chi connectivity index (χ0v) is 13.2. The number of aliphatic hydroxyl groups is 1. The van der Waals surface area contributed by atoms with Gasteiger partial charge in [-0.1, -0.05) is 12.1 Å². The maximum absolute atomic E-state index is 13.8. The molecule has 0 saturated carbocycles. The number of nitrogens with zero attached hydrogens (tertiary/aromatic N) is 2. The Balaban J connectivity index is 1.71. The smallest absolute Gasteiger partial charge is 0.225 e. The van der Waals surface area contributed by atoms with Gasteiger partial charge in [0.2, 0.25) is 5.91 Å². The lowest BCUT2D eigenvalue weighted by Crippen LogP contribution is -2.32. The van der Waals surface area contributed by atoms with Crippen LogP contribution in [0.3, 0.4) is 0 Å². The molecule has 2 aromatic rings. The average Bonchev–Trinajstić information content (AvgIpc) is 2.97. The average molecular weight is 333 g/mol. The van der Waals surface area contributed by atoms with Crippen molar-refractivity contribution in [2.24, 2.45) is 0 Å². The van der Waals surface area contributed by atoms with E-state index < -0.39 is 11.6 Å². The fourth-order valence-corrected chi connectivity index (χ4v) is 3.18. The highest BCUT2D eigenvalue weighted by atomic mass is 19.1. The third-order valence-corrected chi connectivity index (χ3v) is 4.32.